The summed E-state index contributed by atoms with van der Waals surface area (Å²) in [5.74, 6) is 0.634. The third-order valence-electron chi connectivity index (χ3n) is 4.71. The van der Waals surface area contributed by atoms with Crippen LogP contribution in [0.3, 0.4) is 0 Å². The summed E-state index contributed by atoms with van der Waals surface area (Å²) in [6, 6.07) is 7.30. The molecule has 1 fully saturated rings. The average Bonchev–Trinajstić information content (AvgIpc) is 3.04. The first-order chi connectivity index (χ1) is 12.1. The summed E-state index contributed by atoms with van der Waals surface area (Å²) in [5.41, 5.74) is 2.64. The van der Waals surface area contributed by atoms with Crippen LogP contribution in [0.2, 0.25) is 0 Å². The molecule has 3 rings (SSSR count). The Morgan fingerprint density at radius 2 is 2.08 bits per heavy atom. The van der Waals surface area contributed by atoms with Crippen LogP contribution >= 0.6 is 0 Å². The number of aryl methyl sites for hydroxylation is 1. The van der Waals surface area contributed by atoms with Gasteiger partial charge in [-0.3, -0.25) is 4.90 Å². The van der Waals surface area contributed by atoms with E-state index < -0.39 is 5.97 Å². The molecule has 0 aliphatic carbocycles. The van der Waals surface area contributed by atoms with Gasteiger partial charge >= 0.3 is 5.97 Å². The van der Waals surface area contributed by atoms with Gasteiger partial charge in [0.1, 0.15) is 5.82 Å². The Morgan fingerprint density at radius 1 is 1.28 bits per heavy atom. The second kappa shape index (κ2) is 8.21. The maximum atomic E-state index is 11.1. The Bertz CT molecular complexity index is 715. The number of aromatic nitrogens is 2. The second-order valence-electron chi connectivity index (χ2n) is 6.86. The van der Waals surface area contributed by atoms with Crippen molar-refractivity contribution in [3.8, 4) is 0 Å². The van der Waals surface area contributed by atoms with Gasteiger partial charge in [-0.25, -0.2) is 14.8 Å². The molecule has 5 nitrogen and oxygen atoms in total. The zero-order chi connectivity index (χ0) is 17.6. The van der Waals surface area contributed by atoms with Gasteiger partial charge in [0.25, 0.3) is 0 Å². The average molecular weight is 339 g/mol. The number of hydrogen-bond acceptors (Lipinski definition) is 4. The van der Waals surface area contributed by atoms with Crippen LogP contribution in [0, 0.1) is 5.92 Å². The summed E-state index contributed by atoms with van der Waals surface area (Å²) in [4.78, 5) is 22.4. The number of likely N-dealkylation sites (tertiary alicyclic amines) is 1. The molecule has 1 aromatic carbocycles. The minimum Gasteiger partial charge on any atom is -0.478 e. The molecule has 25 heavy (non-hydrogen) atoms. The second-order valence-corrected chi connectivity index (χ2v) is 6.86. The van der Waals surface area contributed by atoms with Crippen molar-refractivity contribution < 1.29 is 9.90 Å². The monoisotopic (exact) mass is 339 g/mol. The molecule has 1 saturated heterocycles. The maximum absolute atomic E-state index is 11.1. The fourth-order valence-electron chi connectivity index (χ4n) is 3.46. The molecular formula is C20H25N3O2. The highest BCUT2D eigenvalue weighted by Gasteiger charge is 2.23. The number of carbonyl (C=O) groups is 1. The highest BCUT2D eigenvalue weighted by atomic mass is 16.4. The van der Waals surface area contributed by atoms with E-state index in [-0.39, 0.29) is 0 Å². The van der Waals surface area contributed by atoms with E-state index in [0.29, 0.717) is 11.5 Å². The van der Waals surface area contributed by atoms with Gasteiger partial charge in [0, 0.05) is 37.5 Å². The summed E-state index contributed by atoms with van der Waals surface area (Å²) in [6.45, 7) is 5.12. The lowest BCUT2D eigenvalue weighted by atomic mass is 9.97. The molecule has 1 aliphatic heterocycles. The quantitative estimate of drug-likeness (QED) is 0.839. The van der Waals surface area contributed by atoms with E-state index in [2.05, 4.69) is 21.8 Å². The van der Waals surface area contributed by atoms with E-state index in [1.165, 1.54) is 0 Å². The fraction of sp³-hybridized carbons (Fsp3) is 0.450. The molecule has 0 amide bonds. The Morgan fingerprint density at radius 3 is 2.80 bits per heavy atom. The van der Waals surface area contributed by atoms with Crippen molar-refractivity contribution in [1.82, 2.24) is 14.9 Å². The van der Waals surface area contributed by atoms with Crippen molar-refractivity contribution in [2.75, 3.05) is 13.1 Å². The predicted octanol–water partition coefficient (Wildman–Crippen LogP) is 3.19. The Hall–Kier alpha value is -2.27. The molecular weight excluding hydrogens is 314 g/mol. The van der Waals surface area contributed by atoms with Crippen molar-refractivity contribution in [1.29, 1.82) is 0 Å². The highest BCUT2D eigenvalue weighted by Crippen LogP contribution is 2.22. The number of benzene rings is 1. The SMILES string of the molecule is CCCc1ncc(CN2CCC(Cc3cccc(C(=O)O)c3)C2)cn1. The Kier molecular flexibility index (Phi) is 5.76. The van der Waals surface area contributed by atoms with E-state index in [4.69, 9.17) is 5.11 Å². The third-order valence-corrected chi connectivity index (χ3v) is 4.71. The van der Waals surface area contributed by atoms with Crippen molar-refractivity contribution in [2.45, 2.75) is 39.2 Å². The number of carboxylic acid groups (broad SMARTS) is 1. The lowest BCUT2D eigenvalue weighted by Crippen LogP contribution is -2.21. The van der Waals surface area contributed by atoms with Gasteiger partial charge in [-0.05, 0) is 49.4 Å². The van der Waals surface area contributed by atoms with Crippen LogP contribution in [0.5, 0.6) is 0 Å². The van der Waals surface area contributed by atoms with E-state index in [0.717, 1.165) is 62.3 Å². The standard InChI is InChI=1S/C20H25N3O2/c1-2-4-19-21-11-17(12-22-19)14-23-8-7-16(13-23)9-15-5-3-6-18(10-15)20(24)25/h3,5-6,10-12,16H,2,4,7-9,13-14H2,1H3,(H,24,25). The summed E-state index contributed by atoms with van der Waals surface area (Å²) < 4.78 is 0. The first-order valence-electron chi connectivity index (χ1n) is 8.98. The molecule has 1 atom stereocenters. The van der Waals surface area contributed by atoms with Crippen LogP contribution in [0.1, 0.15) is 47.1 Å². The predicted molar refractivity (Wildman–Crippen MR) is 96.5 cm³/mol. The van der Waals surface area contributed by atoms with Crippen LogP contribution in [0.4, 0.5) is 0 Å². The largest absolute Gasteiger partial charge is 0.478 e. The molecule has 0 bridgehead atoms. The Balaban J connectivity index is 1.53. The third kappa shape index (κ3) is 4.86. The van der Waals surface area contributed by atoms with Crippen LogP contribution in [0.15, 0.2) is 36.7 Å². The fourth-order valence-corrected chi connectivity index (χ4v) is 3.46. The smallest absolute Gasteiger partial charge is 0.335 e. The van der Waals surface area contributed by atoms with Gasteiger partial charge in [0.2, 0.25) is 0 Å². The summed E-state index contributed by atoms with van der Waals surface area (Å²) >= 11 is 0. The van der Waals surface area contributed by atoms with Gasteiger partial charge in [-0.2, -0.15) is 0 Å². The minimum atomic E-state index is -0.860. The van der Waals surface area contributed by atoms with Crippen LogP contribution in [-0.2, 0) is 19.4 Å². The number of nitrogens with zero attached hydrogens (tertiary/aromatic N) is 3. The van der Waals surface area contributed by atoms with E-state index >= 15 is 0 Å². The Labute approximate surface area is 148 Å². The molecule has 1 aromatic heterocycles. The zero-order valence-corrected chi connectivity index (χ0v) is 14.7. The number of aromatic carboxylic acids is 1. The number of hydrogen-bond donors (Lipinski definition) is 1. The molecule has 1 aliphatic rings. The van der Waals surface area contributed by atoms with Gasteiger partial charge in [0.05, 0.1) is 5.56 Å². The first-order valence-corrected chi connectivity index (χ1v) is 8.98. The van der Waals surface area contributed by atoms with Gasteiger partial charge in [0.15, 0.2) is 0 Å². The summed E-state index contributed by atoms with van der Waals surface area (Å²) in [5, 5.41) is 9.11. The molecule has 0 radical (unpaired) electrons. The molecule has 1 N–H and O–H groups in total. The topological polar surface area (TPSA) is 66.3 Å². The minimum absolute atomic E-state index is 0.372. The van der Waals surface area contributed by atoms with Crippen molar-refractivity contribution >= 4 is 5.97 Å². The maximum Gasteiger partial charge on any atom is 0.335 e. The molecule has 1 unspecified atom stereocenters. The van der Waals surface area contributed by atoms with Gasteiger partial charge in [-0.1, -0.05) is 19.1 Å². The van der Waals surface area contributed by atoms with E-state index in [1.54, 1.807) is 12.1 Å². The van der Waals surface area contributed by atoms with Crippen LogP contribution in [0.25, 0.3) is 0 Å². The molecule has 132 valence electrons. The van der Waals surface area contributed by atoms with E-state index in [9.17, 15) is 4.79 Å². The van der Waals surface area contributed by atoms with Crippen LogP contribution in [-0.4, -0.2) is 39.0 Å². The van der Waals surface area contributed by atoms with Crippen molar-refractivity contribution in [3.63, 3.8) is 0 Å². The van der Waals surface area contributed by atoms with Gasteiger partial charge < -0.3 is 5.11 Å². The lowest BCUT2D eigenvalue weighted by Gasteiger charge is -2.16. The molecule has 2 aromatic rings. The molecule has 5 heteroatoms. The first kappa shape index (κ1) is 17.5. The van der Waals surface area contributed by atoms with Crippen LogP contribution < -0.4 is 0 Å². The molecule has 0 saturated carbocycles. The highest BCUT2D eigenvalue weighted by molar-refractivity contribution is 5.87. The normalized spacial score (nSPS) is 17.7. The lowest BCUT2D eigenvalue weighted by molar-refractivity contribution is 0.0696. The zero-order valence-electron chi connectivity index (χ0n) is 14.7. The summed E-state index contributed by atoms with van der Waals surface area (Å²) in [7, 11) is 0. The van der Waals surface area contributed by atoms with Crippen molar-refractivity contribution in [2.24, 2.45) is 5.92 Å². The van der Waals surface area contributed by atoms with Crippen molar-refractivity contribution in [3.05, 3.63) is 59.2 Å². The number of carboxylic acids is 1. The van der Waals surface area contributed by atoms with Gasteiger partial charge in [-0.15, -0.1) is 0 Å². The number of rotatable bonds is 7. The summed E-state index contributed by atoms with van der Waals surface area (Å²) in [6.07, 6.45) is 7.97. The molecule has 2 heterocycles. The molecule has 0 spiro atoms. The van der Waals surface area contributed by atoms with E-state index in [1.807, 2.05) is 24.5 Å².